The quantitative estimate of drug-likeness (QED) is 0.253. The first-order valence-corrected chi connectivity index (χ1v) is 11.6. The summed E-state index contributed by atoms with van der Waals surface area (Å²) in [7, 11) is 0. The number of ketones is 1. The van der Waals surface area contributed by atoms with Gasteiger partial charge in [-0.25, -0.2) is 4.79 Å². The fourth-order valence-corrected chi connectivity index (χ4v) is 3.88. The average Bonchev–Trinajstić information content (AvgIpc) is 3.25. The van der Waals surface area contributed by atoms with E-state index in [4.69, 9.17) is 4.74 Å². The van der Waals surface area contributed by atoms with Crippen molar-refractivity contribution in [2.24, 2.45) is 0 Å². The third-order valence-electron chi connectivity index (χ3n) is 5.51. The minimum atomic E-state index is -0.971. The Morgan fingerprint density at radius 3 is 2.35 bits per heavy atom. The zero-order valence-electron chi connectivity index (χ0n) is 18.5. The molecule has 4 rings (SSSR count). The van der Waals surface area contributed by atoms with Gasteiger partial charge in [-0.05, 0) is 42.8 Å². The van der Waals surface area contributed by atoms with Gasteiger partial charge in [-0.2, -0.15) is 0 Å². The van der Waals surface area contributed by atoms with Gasteiger partial charge in [0.15, 0.2) is 12.4 Å². The number of nitrogens with one attached hydrogen (secondary N) is 2. The highest BCUT2D eigenvalue weighted by molar-refractivity contribution is 9.10. The molecule has 0 aliphatic heterocycles. The molecule has 4 aromatic rings. The second-order valence-corrected chi connectivity index (χ2v) is 8.91. The van der Waals surface area contributed by atoms with Crippen molar-refractivity contribution in [1.82, 2.24) is 10.3 Å². The van der Waals surface area contributed by atoms with Crippen LogP contribution in [0.15, 0.2) is 83.5 Å². The van der Waals surface area contributed by atoms with Crippen LogP contribution in [-0.4, -0.2) is 35.3 Å². The Labute approximate surface area is 205 Å². The van der Waals surface area contributed by atoms with Crippen molar-refractivity contribution in [3.8, 4) is 0 Å². The van der Waals surface area contributed by atoms with E-state index in [0.717, 1.165) is 26.5 Å². The summed E-state index contributed by atoms with van der Waals surface area (Å²) in [5, 5.41) is 3.73. The number of amides is 1. The highest BCUT2D eigenvalue weighted by atomic mass is 79.9. The number of esters is 1. The van der Waals surface area contributed by atoms with Gasteiger partial charge in [0.1, 0.15) is 6.04 Å². The van der Waals surface area contributed by atoms with E-state index in [2.05, 4.69) is 26.2 Å². The molecule has 1 heterocycles. The molecule has 3 aromatic carbocycles. The van der Waals surface area contributed by atoms with Gasteiger partial charge < -0.3 is 15.0 Å². The zero-order chi connectivity index (χ0) is 24.1. The Morgan fingerprint density at radius 2 is 1.62 bits per heavy atom. The number of Topliss-reactive ketones (excluding diaryl/α,β-unsaturated/α-hetero) is 1. The third kappa shape index (κ3) is 5.61. The van der Waals surface area contributed by atoms with E-state index in [0.29, 0.717) is 11.1 Å². The van der Waals surface area contributed by atoms with Crippen molar-refractivity contribution < 1.29 is 19.1 Å². The lowest BCUT2D eigenvalue weighted by Gasteiger charge is -2.18. The molecule has 1 amide bonds. The van der Waals surface area contributed by atoms with Gasteiger partial charge in [-0.1, -0.05) is 64.0 Å². The van der Waals surface area contributed by atoms with E-state index in [9.17, 15) is 14.4 Å². The molecule has 1 atom stereocenters. The Kier molecular flexibility index (Phi) is 7.23. The van der Waals surface area contributed by atoms with Crippen molar-refractivity contribution in [3.63, 3.8) is 0 Å². The first-order valence-electron chi connectivity index (χ1n) is 10.8. The summed E-state index contributed by atoms with van der Waals surface area (Å²) >= 11 is 3.35. The second kappa shape index (κ2) is 10.5. The standard InChI is InChI=1S/C27H23BrN2O4/c1-17-6-8-18(9-7-17)25(31)16-34-27(33)24(30-26(32)19-10-12-21(28)13-11-19)14-20-15-29-23-5-3-2-4-22(20)23/h2-13,15,24,29H,14,16H2,1H3,(H,30,32)/t24-/m0/s1. The molecule has 0 radical (unpaired) electrons. The van der Waals surface area contributed by atoms with Crippen LogP contribution in [0.5, 0.6) is 0 Å². The number of aromatic nitrogens is 1. The number of rotatable bonds is 8. The number of hydrogen-bond acceptors (Lipinski definition) is 4. The summed E-state index contributed by atoms with van der Waals surface area (Å²) in [4.78, 5) is 41.5. The average molecular weight is 519 g/mol. The van der Waals surface area contributed by atoms with Crippen LogP contribution >= 0.6 is 15.9 Å². The van der Waals surface area contributed by atoms with Crippen LogP contribution in [0.4, 0.5) is 0 Å². The predicted molar refractivity (Wildman–Crippen MR) is 134 cm³/mol. The molecule has 2 N–H and O–H groups in total. The molecule has 7 heteroatoms. The lowest BCUT2D eigenvalue weighted by Crippen LogP contribution is -2.43. The molecule has 0 spiro atoms. The normalized spacial score (nSPS) is 11.7. The number of H-pyrrole nitrogens is 1. The summed E-state index contributed by atoms with van der Waals surface area (Å²) in [5.41, 5.74) is 3.70. The van der Waals surface area contributed by atoms with Crippen LogP contribution in [0.25, 0.3) is 10.9 Å². The van der Waals surface area contributed by atoms with Crippen LogP contribution in [0.1, 0.15) is 31.8 Å². The molecular weight excluding hydrogens is 496 g/mol. The topological polar surface area (TPSA) is 88.3 Å². The van der Waals surface area contributed by atoms with E-state index < -0.39 is 24.5 Å². The third-order valence-corrected chi connectivity index (χ3v) is 6.04. The van der Waals surface area contributed by atoms with Gasteiger partial charge in [0, 0.05) is 39.1 Å². The molecule has 172 valence electrons. The number of halogens is 1. The smallest absolute Gasteiger partial charge is 0.329 e. The molecule has 0 bridgehead atoms. The van der Waals surface area contributed by atoms with Crippen molar-refractivity contribution in [2.45, 2.75) is 19.4 Å². The van der Waals surface area contributed by atoms with Crippen LogP contribution in [-0.2, 0) is 16.0 Å². The largest absolute Gasteiger partial charge is 0.456 e. The first-order chi connectivity index (χ1) is 16.4. The van der Waals surface area contributed by atoms with Crippen LogP contribution in [0.2, 0.25) is 0 Å². The number of aryl methyl sites for hydroxylation is 1. The lowest BCUT2D eigenvalue weighted by molar-refractivity contribution is -0.144. The number of carbonyl (C=O) groups excluding carboxylic acids is 3. The van der Waals surface area contributed by atoms with Crippen molar-refractivity contribution in [1.29, 1.82) is 0 Å². The minimum Gasteiger partial charge on any atom is -0.456 e. The van der Waals surface area contributed by atoms with Crippen molar-refractivity contribution in [2.75, 3.05) is 6.61 Å². The Morgan fingerprint density at radius 1 is 0.941 bits per heavy atom. The molecule has 0 unspecified atom stereocenters. The maximum Gasteiger partial charge on any atom is 0.329 e. The Balaban J connectivity index is 1.51. The fourth-order valence-electron chi connectivity index (χ4n) is 3.62. The SMILES string of the molecule is Cc1ccc(C(=O)COC(=O)[C@H](Cc2c[nH]c3ccccc23)NC(=O)c2ccc(Br)cc2)cc1. The fraction of sp³-hybridized carbons (Fsp3) is 0.148. The molecular formula is C27H23BrN2O4. The van der Waals surface area contributed by atoms with Crippen molar-refractivity contribution >= 4 is 44.5 Å². The highest BCUT2D eigenvalue weighted by Crippen LogP contribution is 2.20. The minimum absolute atomic E-state index is 0.212. The number of para-hydroxylation sites is 1. The first kappa shape index (κ1) is 23.4. The number of hydrogen-bond donors (Lipinski definition) is 2. The van der Waals surface area contributed by atoms with Gasteiger partial charge in [-0.15, -0.1) is 0 Å². The molecule has 1 aromatic heterocycles. The molecule has 0 fully saturated rings. The zero-order valence-corrected chi connectivity index (χ0v) is 20.1. The molecule has 0 saturated heterocycles. The van der Waals surface area contributed by atoms with Crippen LogP contribution in [0.3, 0.4) is 0 Å². The number of benzene rings is 3. The summed E-state index contributed by atoms with van der Waals surface area (Å²) in [6, 6.07) is 20.6. The number of carbonyl (C=O) groups is 3. The van der Waals surface area contributed by atoms with Gasteiger partial charge in [0.05, 0.1) is 0 Å². The molecule has 34 heavy (non-hydrogen) atoms. The Hall–Kier alpha value is -3.71. The molecule has 0 aliphatic carbocycles. The molecule has 0 aliphatic rings. The van der Waals surface area contributed by atoms with Gasteiger partial charge >= 0.3 is 5.97 Å². The number of aromatic amines is 1. The van der Waals surface area contributed by atoms with Gasteiger partial charge in [-0.3, -0.25) is 9.59 Å². The van der Waals surface area contributed by atoms with E-state index in [-0.39, 0.29) is 12.2 Å². The van der Waals surface area contributed by atoms with E-state index in [1.54, 1.807) is 36.4 Å². The number of fused-ring (bicyclic) bond motifs is 1. The monoisotopic (exact) mass is 518 g/mol. The van der Waals surface area contributed by atoms with Gasteiger partial charge in [0.25, 0.3) is 5.91 Å². The Bertz CT molecular complexity index is 1330. The van der Waals surface area contributed by atoms with E-state index in [1.807, 2.05) is 49.5 Å². The van der Waals surface area contributed by atoms with Crippen LogP contribution < -0.4 is 5.32 Å². The van der Waals surface area contributed by atoms with Crippen LogP contribution in [0, 0.1) is 6.92 Å². The summed E-state index contributed by atoms with van der Waals surface area (Å²) < 4.78 is 6.19. The maximum absolute atomic E-state index is 13.0. The van der Waals surface area contributed by atoms with Crippen molar-refractivity contribution in [3.05, 3.63) is 106 Å². The molecule has 0 saturated carbocycles. The summed E-state index contributed by atoms with van der Waals surface area (Å²) in [6.07, 6.45) is 2.03. The van der Waals surface area contributed by atoms with Gasteiger partial charge in [0.2, 0.25) is 0 Å². The molecule has 6 nitrogen and oxygen atoms in total. The predicted octanol–water partition coefficient (Wildman–Crippen LogP) is 5.01. The lowest BCUT2D eigenvalue weighted by atomic mass is 10.0. The van der Waals surface area contributed by atoms with E-state index in [1.165, 1.54) is 0 Å². The summed E-state index contributed by atoms with van der Waals surface area (Å²) in [5.74, 6) is -1.38. The summed E-state index contributed by atoms with van der Waals surface area (Å²) in [6.45, 7) is 1.53. The second-order valence-electron chi connectivity index (χ2n) is 7.99. The van der Waals surface area contributed by atoms with E-state index >= 15 is 0 Å². The maximum atomic E-state index is 13.0. The number of ether oxygens (including phenoxy) is 1. The highest BCUT2D eigenvalue weighted by Gasteiger charge is 2.25.